The van der Waals surface area contributed by atoms with E-state index >= 15 is 0 Å². The van der Waals surface area contributed by atoms with Gasteiger partial charge in [-0.25, -0.2) is 0 Å². The van der Waals surface area contributed by atoms with Gasteiger partial charge in [0.1, 0.15) is 6.07 Å². The molecule has 3 rings (SSSR count). The highest BCUT2D eigenvalue weighted by Gasteiger charge is 2.15. The molecular weight excluding hydrogens is 386 g/mol. The van der Waals surface area contributed by atoms with Gasteiger partial charge in [0.05, 0.1) is 27.7 Å². The molecule has 138 valence electrons. The minimum Gasteiger partial charge on any atom is -0.282 e. The topological polar surface area (TPSA) is 96.0 Å². The summed E-state index contributed by atoms with van der Waals surface area (Å²) in [4.78, 5) is -0.146. The summed E-state index contributed by atoms with van der Waals surface area (Å²) >= 11 is 6.15. The Bertz CT molecular complexity index is 1160. The quantitative estimate of drug-likeness (QED) is 0.667. The minimum atomic E-state index is -4.21. The van der Waals surface area contributed by atoms with Gasteiger partial charge < -0.3 is 0 Å². The van der Waals surface area contributed by atoms with Crippen LogP contribution in [0.3, 0.4) is 0 Å². The molecule has 0 aliphatic carbocycles. The van der Waals surface area contributed by atoms with Gasteiger partial charge in [-0.15, -0.1) is 0 Å². The number of aromatic nitrogens is 2. The van der Waals surface area contributed by atoms with Gasteiger partial charge in [0, 0.05) is 11.3 Å². The molecule has 0 saturated heterocycles. The largest absolute Gasteiger partial charge is 0.294 e. The van der Waals surface area contributed by atoms with E-state index in [2.05, 4.69) is 5.10 Å². The molecule has 8 heteroatoms. The van der Waals surface area contributed by atoms with E-state index in [1.54, 1.807) is 24.3 Å². The zero-order valence-electron chi connectivity index (χ0n) is 14.6. The smallest absolute Gasteiger partial charge is 0.282 e. The summed E-state index contributed by atoms with van der Waals surface area (Å²) in [6.07, 6.45) is 0. The lowest BCUT2D eigenvalue weighted by Gasteiger charge is -2.07. The molecule has 0 atom stereocenters. The number of halogens is 1. The Labute approximate surface area is 162 Å². The van der Waals surface area contributed by atoms with Crippen molar-refractivity contribution in [2.24, 2.45) is 0 Å². The lowest BCUT2D eigenvalue weighted by molar-refractivity contribution is 0.483. The molecule has 3 aromatic rings. The molecule has 0 aliphatic rings. The molecule has 1 heterocycles. The van der Waals surface area contributed by atoms with E-state index in [0.717, 1.165) is 28.1 Å². The molecule has 0 saturated carbocycles. The fourth-order valence-electron chi connectivity index (χ4n) is 2.97. The summed E-state index contributed by atoms with van der Waals surface area (Å²) in [5.74, 6) is 0. The number of hydrogen-bond donors (Lipinski definition) is 1. The minimum absolute atomic E-state index is 0.146. The van der Waals surface area contributed by atoms with Crippen molar-refractivity contribution in [1.29, 1.82) is 5.26 Å². The molecule has 0 aliphatic heterocycles. The first-order chi connectivity index (χ1) is 12.7. The van der Waals surface area contributed by atoms with Gasteiger partial charge >= 0.3 is 0 Å². The number of hydrogen-bond acceptors (Lipinski definition) is 4. The van der Waals surface area contributed by atoms with Crippen LogP contribution in [0.15, 0.2) is 47.4 Å². The molecule has 6 nitrogen and oxygen atoms in total. The number of rotatable bonds is 4. The summed E-state index contributed by atoms with van der Waals surface area (Å²) < 4.78 is 33.2. The van der Waals surface area contributed by atoms with E-state index in [1.807, 2.05) is 30.7 Å². The number of aryl methyl sites for hydroxylation is 1. The SMILES string of the molecule is Cc1nn(Cc2ccc(S(=O)(=O)O)cc2)c(C)c1-c1ccc(C#N)c(Cl)c1. The van der Waals surface area contributed by atoms with Crippen molar-refractivity contribution >= 4 is 21.7 Å². The molecule has 0 bridgehead atoms. The van der Waals surface area contributed by atoms with Crippen LogP contribution < -0.4 is 0 Å². The molecular formula is C19H16ClN3O3S. The highest BCUT2D eigenvalue weighted by Crippen LogP contribution is 2.30. The summed E-state index contributed by atoms with van der Waals surface area (Å²) in [5.41, 5.74) is 4.83. The van der Waals surface area contributed by atoms with Crippen molar-refractivity contribution < 1.29 is 13.0 Å². The average molecular weight is 402 g/mol. The predicted molar refractivity (Wildman–Crippen MR) is 102 cm³/mol. The van der Waals surface area contributed by atoms with Gasteiger partial charge in [0.2, 0.25) is 0 Å². The average Bonchev–Trinajstić information content (AvgIpc) is 2.88. The molecule has 1 aromatic heterocycles. The maximum atomic E-state index is 11.1. The van der Waals surface area contributed by atoms with Gasteiger partial charge in [-0.2, -0.15) is 18.8 Å². The Morgan fingerprint density at radius 1 is 1.19 bits per heavy atom. The first-order valence-corrected chi connectivity index (χ1v) is 9.83. The Morgan fingerprint density at radius 3 is 2.41 bits per heavy atom. The monoisotopic (exact) mass is 401 g/mol. The molecule has 2 aromatic carbocycles. The first kappa shape index (κ1) is 19.1. The molecule has 0 fully saturated rings. The summed E-state index contributed by atoms with van der Waals surface area (Å²) in [7, 11) is -4.21. The Morgan fingerprint density at radius 2 is 1.85 bits per heavy atom. The van der Waals surface area contributed by atoms with E-state index in [0.29, 0.717) is 17.1 Å². The van der Waals surface area contributed by atoms with E-state index in [4.69, 9.17) is 21.4 Å². The van der Waals surface area contributed by atoms with Crippen LogP contribution in [0.4, 0.5) is 0 Å². The Kier molecular flexibility index (Phi) is 5.07. The highest BCUT2D eigenvalue weighted by molar-refractivity contribution is 7.85. The van der Waals surface area contributed by atoms with Crippen LogP contribution in [0, 0.1) is 25.2 Å². The molecule has 1 N–H and O–H groups in total. The van der Waals surface area contributed by atoms with Gasteiger partial charge in [-0.1, -0.05) is 29.8 Å². The lowest BCUT2D eigenvalue weighted by atomic mass is 10.0. The van der Waals surface area contributed by atoms with E-state index in [9.17, 15) is 8.42 Å². The molecule has 27 heavy (non-hydrogen) atoms. The third-order valence-electron chi connectivity index (χ3n) is 4.31. The summed E-state index contributed by atoms with van der Waals surface area (Å²) in [6, 6.07) is 13.3. The van der Waals surface area contributed by atoms with Crippen LogP contribution in [-0.4, -0.2) is 22.8 Å². The van der Waals surface area contributed by atoms with Gasteiger partial charge in [0.15, 0.2) is 0 Å². The zero-order chi connectivity index (χ0) is 19.8. The third-order valence-corrected chi connectivity index (χ3v) is 5.49. The van der Waals surface area contributed by atoms with Gasteiger partial charge in [-0.05, 0) is 49.2 Å². The molecule has 0 unspecified atom stereocenters. The Hall–Kier alpha value is -2.66. The van der Waals surface area contributed by atoms with Crippen molar-refractivity contribution in [3.8, 4) is 17.2 Å². The predicted octanol–water partition coefficient (Wildman–Crippen LogP) is 3.99. The fraction of sp³-hybridized carbons (Fsp3) is 0.158. The summed E-state index contributed by atoms with van der Waals surface area (Å²) in [6.45, 7) is 4.28. The van der Waals surface area contributed by atoms with Crippen molar-refractivity contribution in [3.63, 3.8) is 0 Å². The van der Waals surface area contributed by atoms with E-state index < -0.39 is 10.1 Å². The van der Waals surface area contributed by atoms with Crippen molar-refractivity contribution in [2.75, 3.05) is 0 Å². The fourth-order valence-corrected chi connectivity index (χ4v) is 3.67. The third kappa shape index (κ3) is 3.88. The standard InChI is InChI=1S/C19H16ClN3O3S/c1-12-19(15-5-6-16(10-21)18(20)9-15)13(2)23(22-12)11-14-3-7-17(8-4-14)27(24,25)26/h3-9H,11H2,1-2H3,(H,24,25,26). The second kappa shape index (κ2) is 7.16. The molecule has 0 amide bonds. The van der Waals surface area contributed by atoms with Crippen LogP contribution in [0.5, 0.6) is 0 Å². The number of nitriles is 1. The van der Waals surface area contributed by atoms with Gasteiger partial charge in [0.25, 0.3) is 10.1 Å². The summed E-state index contributed by atoms with van der Waals surface area (Å²) in [5, 5.41) is 14.0. The van der Waals surface area contributed by atoms with Crippen molar-refractivity contribution in [2.45, 2.75) is 25.3 Å². The maximum Gasteiger partial charge on any atom is 0.294 e. The van der Waals surface area contributed by atoms with Crippen LogP contribution in [-0.2, 0) is 16.7 Å². The Balaban J connectivity index is 1.94. The van der Waals surface area contributed by atoms with Crippen LogP contribution in [0.2, 0.25) is 5.02 Å². The zero-order valence-corrected chi connectivity index (χ0v) is 16.2. The number of benzene rings is 2. The van der Waals surface area contributed by atoms with Crippen LogP contribution in [0.25, 0.3) is 11.1 Å². The van der Waals surface area contributed by atoms with Crippen molar-refractivity contribution in [1.82, 2.24) is 9.78 Å². The molecule has 0 radical (unpaired) electrons. The second-order valence-corrected chi connectivity index (χ2v) is 7.96. The first-order valence-electron chi connectivity index (χ1n) is 8.01. The number of nitrogens with zero attached hydrogens (tertiary/aromatic N) is 3. The van der Waals surface area contributed by atoms with Crippen LogP contribution in [0.1, 0.15) is 22.5 Å². The van der Waals surface area contributed by atoms with Gasteiger partial charge in [-0.3, -0.25) is 9.23 Å². The molecule has 0 spiro atoms. The normalized spacial score (nSPS) is 11.4. The van der Waals surface area contributed by atoms with Crippen molar-refractivity contribution in [3.05, 3.63) is 70.0 Å². The van der Waals surface area contributed by atoms with Crippen LogP contribution >= 0.6 is 11.6 Å². The maximum absolute atomic E-state index is 11.1. The lowest BCUT2D eigenvalue weighted by Crippen LogP contribution is -2.05. The van der Waals surface area contributed by atoms with E-state index in [-0.39, 0.29) is 4.90 Å². The highest BCUT2D eigenvalue weighted by atomic mass is 35.5. The second-order valence-electron chi connectivity index (χ2n) is 6.13. The van der Waals surface area contributed by atoms with E-state index in [1.165, 1.54) is 12.1 Å².